The Morgan fingerprint density at radius 1 is 0.733 bits per heavy atom. The summed E-state index contributed by atoms with van der Waals surface area (Å²) < 4.78 is 1.75. The maximum absolute atomic E-state index is 6.65. The molecule has 0 atom stereocenters. The number of halogens is 1. The fourth-order valence-electron chi connectivity index (χ4n) is 3.83. The van der Waals surface area contributed by atoms with E-state index in [0.29, 0.717) is 10.8 Å². The van der Waals surface area contributed by atoms with Crippen molar-refractivity contribution in [3.63, 3.8) is 0 Å². The zero-order valence-electron chi connectivity index (χ0n) is 16.4. The molecule has 5 heteroatoms. The molecule has 0 aliphatic rings. The molecule has 0 saturated heterocycles. The summed E-state index contributed by atoms with van der Waals surface area (Å²) in [6.07, 6.45) is 0. The lowest BCUT2D eigenvalue weighted by molar-refractivity contribution is 0.948. The molecule has 0 bridgehead atoms. The summed E-state index contributed by atoms with van der Waals surface area (Å²) in [5.74, 6) is 0.570. The minimum atomic E-state index is 0.570. The van der Waals surface area contributed by atoms with Crippen LogP contribution in [0.1, 0.15) is 5.69 Å². The second-order valence-electron chi connectivity index (χ2n) is 7.16. The average Bonchev–Trinajstić information content (AvgIpc) is 3.15. The Balaban J connectivity index is 1.86. The molecular formula is C25H19ClN4. The van der Waals surface area contributed by atoms with Crippen LogP contribution in [0.4, 0.5) is 5.82 Å². The van der Waals surface area contributed by atoms with Gasteiger partial charge in [-0.05, 0) is 30.2 Å². The Kier molecular flexibility index (Phi) is 4.49. The number of nitrogens with two attached hydrogens (primary N) is 1. The van der Waals surface area contributed by atoms with Gasteiger partial charge in [-0.1, -0.05) is 84.4 Å². The number of nitrogens with zero attached hydrogens (tertiary/aromatic N) is 3. The van der Waals surface area contributed by atoms with Gasteiger partial charge in [-0.3, -0.25) is 0 Å². The maximum Gasteiger partial charge on any atom is 0.166 e. The molecule has 0 aliphatic carbocycles. The molecule has 2 N–H and O–H groups in total. The number of benzene rings is 3. The van der Waals surface area contributed by atoms with Crippen molar-refractivity contribution >= 4 is 23.1 Å². The zero-order chi connectivity index (χ0) is 20.7. The number of aryl methyl sites for hydroxylation is 1. The summed E-state index contributed by atoms with van der Waals surface area (Å²) in [6.45, 7) is 1.99. The van der Waals surface area contributed by atoms with Gasteiger partial charge in [0, 0.05) is 16.1 Å². The second kappa shape index (κ2) is 7.32. The van der Waals surface area contributed by atoms with E-state index in [9.17, 15) is 0 Å². The highest BCUT2D eigenvalue weighted by Crippen LogP contribution is 2.38. The number of hydrogen-bond donors (Lipinski definition) is 1. The molecule has 0 saturated carbocycles. The molecule has 3 aromatic carbocycles. The van der Waals surface area contributed by atoms with E-state index in [0.717, 1.165) is 44.9 Å². The first kappa shape index (κ1) is 18.4. The smallest absolute Gasteiger partial charge is 0.166 e. The van der Waals surface area contributed by atoms with E-state index in [4.69, 9.17) is 27.4 Å². The summed E-state index contributed by atoms with van der Waals surface area (Å²) in [5.41, 5.74) is 13.9. The number of hydrogen-bond acceptors (Lipinski definition) is 3. The van der Waals surface area contributed by atoms with E-state index >= 15 is 0 Å². The van der Waals surface area contributed by atoms with Crippen molar-refractivity contribution in [2.75, 3.05) is 5.73 Å². The maximum atomic E-state index is 6.65. The van der Waals surface area contributed by atoms with Crippen molar-refractivity contribution in [2.24, 2.45) is 0 Å². The molecule has 30 heavy (non-hydrogen) atoms. The van der Waals surface area contributed by atoms with E-state index in [1.54, 1.807) is 4.52 Å². The summed E-state index contributed by atoms with van der Waals surface area (Å²) >= 11 is 6.13. The predicted molar refractivity (Wildman–Crippen MR) is 123 cm³/mol. The van der Waals surface area contributed by atoms with Crippen LogP contribution in [-0.4, -0.2) is 14.6 Å². The van der Waals surface area contributed by atoms with Gasteiger partial charge in [0.25, 0.3) is 0 Å². The third-order valence-corrected chi connectivity index (χ3v) is 5.48. The van der Waals surface area contributed by atoms with E-state index in [-0.39, 0.29) is 0 Å². The van der Waals surface area contributed by atoms with Gasteiger partial charge in [-0.15, -0.1) is 0 Å². The minimum absolute atomic E-state index is 0.570. The molecule has 5 aromatic rings. The highest BCUT2D eigenvalue weighted by Gasteiger charge is 2.22. The van der Waals surface area contributed by atoms with Gasteiger partial charge in [-0.25, -0.2) is 4.98 Å². The number of fused-ring (bicyclic) bond motifs is 1. The van der Waals surface area contributed by atoms with E-state index < -0.39 is 0 Å². The van der Waals surface area contributed by atoms with E-state index in [1.807, 2.05) is 91.9 Å². The number of nitrogen functional groups attached to an aromatic ring is 1. The highest BCUT2D eigenvalue weighted by molar-refractivity contribution is 6.30. The van der Waals surface area contributed by atoms with Crippen molar-refractivity contribution in [3.8, 4) is 33.5 Å². The normalized spacial score (nSPS) is 11.1. The van der Waals surface area contributed by atoms with Crippen molar-refractivity contribution in [1.29, 1.82) is 0 Å². The Bertz CT molecular complexity index is 1340. The fourth-order valence-corrected chi connectivity index (χ4v) is 3.95. The molecule has 0 aliphatic heterocycles. The number of aromatic nitrogens is 3. The zero-order valence-corrected chi connectivity index (χ0v) is 17.1. The quantitative estimate of drug-likeness (QED) is 0.381. The third kappa shape index (κ3) is 3.02. The van der Waals surface area contributed by atoms with Crippen LogP contribution in [0.25, 0.3) is 39.2 Å². The van der Waals surface area contributed by atoms with Gasteiger partial charge < -0.3 is 5.73 Å². The van der Waals surface area contributed by atoms with E-state index in [2.05, 4.69) is 0 Å². The molecule has 2 heterocycles. The molecule has 146 valence electrons. The molecule has 0 amide bonds. The van der Waals surface area contributed by atoms with Crippen LogP contribution in [0.15, 0.2) is 84.9 Å². The average molecular weight is 411 g/mol. The molecular weight excluding hydrogens is 392 g/mol. The van der Waals surface area contributed by atoms with Gasteiger partial charge >= 0.3 is 0 Å². The standard InChI is InChI=1S/C25H19ClN4/c1-16-21(17-8-4-2-5-9-17)24(27)30-25(28-16)22(18-12-14-20(26)15-13-18)23(29-30)19-10-6-3-7-11-19/h2-15H,27H2,1H3. The summed E-state index contributed by atoms with van der Waals surface area (Å²) in [4.78, 5) is 4.95. The van der Waals surface area contributed by atoms with Crippen molar-refractivity contribution in [2.45, 2.75) is 6.92 Å². The lowest BCUT2D eigenvalue weighted by atomic mass is 10.0. The summed E-state index contributed by atoms with van der Waals surface area (Å²) in [5, 5.41) is 5.59. The highest BCUT2D eigenvalue weighted by atomic mass is 35.5. The Labute approximate surface area is 179 Å². The van der Waals surface area contributed by atoms with Gasteiger partial charge in [0.1, 0.15) is 11.5 Å². The Hall–Kier alpha value is -3.63. The number of anilines is 1. The van der Waals surface area contributed by atoms with Crippen LogP contribution in [0.5, 0.6) is 0 Å². The van der Waals surface area contributed by atoms with Crippen molar-refractivity contribution in [3.05, 3.63) is 95.6 Å². The van der Waals surface area contributed by atoms with Gasteiger partial charge in [0.05, 0.1) is 11.3 Å². The topological polar surface area (TPSA) is 56.2 Å². The van der Waals surface area contributed by atoms with Crippen LogP contribution in [0.3, 0.4) is 0 Å². The summed E-state index contributed by atoms with van der Waals surface area (Å²) in [7, 11) is 0. The monoisotopic (exact) mass is 410 g/mol. The van der Waals surface area contributed by atoms with E-state index in [1.165, 1.54) is 0 Å². The fraction of sp³-hybridized carbons (Fsp3) is 0.0400. The lowest BCUT2D eigenvalue weighted by Crippen LogP contribution is -2.05. The first-order valence-corrected chi connectivity index (χ1v) is 10.1. The van der Waals surface area contributed by atoms with Crippen molar-refractivity contribution in [1.82, 2.24) is 14.6 Å². The van der Waals surface area contributed by atoms with Crippen LogP contribution in [0, 0.1) is 6.92 Å². The molecule has 0 unspecified atom stereocenters. The van der Waals surface area contributed by atoms with Crippen LogP contribution in [0.2, 0.25) is 5.02 Å². The van der Waals surface area contributed by atoms with Crippen molar-refractivity contribution < 1.29 is 0 Å². The second-order valence-corrected chi connectivity index (χ2v) is 7.59. The van der Waals surface area contributed by atoms with Crippen LogP contribution >= 0.6 is 11.6 Å². The number of rotatable bonds is 3. The molecule has 0 radical (unpaired) electrons. The van der Waals surface area contributed by atoms with Gasteiger partial charge in [0.15, 0.2) is 5.65 Å². The minimum Gasteiger partial charge on any atom is -0.383 e. The van der Waals surface area contributed by atoms with Crippen LogP contribution in [-0.2, 0) is 0 Å². The Morgan fingerprint density at radius 3 is 1.93 bits per heavy atom. The SMILES string of the molecule is Cc1nc2c(-c3ccc(Cl)cc3)c(-c3ccccc3)nn2c(N)c1-c1ccccc1. The molecule has 5 rings (SSSR count). The lowest BCUT2D eigenvalue weighted by Gasteiger charge is -2.11. The van der Waals surface area contributed by atoms with Gasteiger partial charge in [-0.2, -0.15) is 9.61 Å². The Morgan fingerprint density at radius 2 is 1.30 bits per heavy atom. The first-order valence-electron chi connectivity index (χ1n) is 9.69. The predicted octanol–water partition coefficient (Wildman–Crippen LogP) is 6.27. The largest absolute Gasteiger partial charge is 0.383 e. The molecule has 0 spiro atoms. The molecule has 0 fully saturated rings. The van der Waals surface area contributed by atoms with Gasteiger partial charge in [0.2, 0.25) is 0 Å². The summed E-state index contributed by atoms with van der Waals surface area (Å²) in [6, 6.07) is 27.9. The van der Waals surface area contributed by atoms with Crippen LogP contribution < -0.4 is 5.73 Å². The third-order valence-electron chi connectivity index (χ3n) is 5.22. The molecule has 2 aromatic heterocycles. The molecule has 4 nitrogen and oxygen atoms in total. The first-order chi connectivity index (χ1) is 14.6.